The third-order valence-electron chi connectivity index (χ3n) is 3.91. The van der Waals surface area contributed by atoms with E-state index in [-0.39, 0.29) is 0 Å². The molecule has 0 bridgehead atoms. The van der Waals surface area contributed by atoms with Gasteiger partial charge in [-0.05, 0) is 43.7 Å². The van der Waals surface area contributed by atoms with Crippen molar-refractivity contribution >= 4 is 17.5 Å². The fraction of sp³-hybridized carbons (Fsp3) is 0.200. The topological polar surface area (TPSA) is 49.8 Å². The molecule has 3 rings (SSSR count). The van der Waals surface area contributed by atoms with Crippen LogP contribution >= 0.6 is 0 Å². The van der Waals surface area contributed by atoms with Gasteiger partial charge in [0.2, 0.25) is 5.95 Å². The van der Waals surface area contributed by atoms with Gasteiger partial charge in [0.25, 0.3) is 0 Å². The van der Waals surface area contributed by atoms with Crippen molar-refractivity contribution in [3.8, 4) is 0 Å². The predicted molar refractivity (Wildman–Crippen MR) is 100 cm³/mol. The van der Waals surface area contributed by atoms with Crippen LogP contribution in [0.3, 0.4) is 0 Å². The van der Waals surface area contributed by atoms with Crippen LogP contribution < -0.4 is 10.6 Å². The lowest BCUT2D eigenvalue weighted by Crippen LogP contribution is -2.07. The van der Waals surface area contributed by atoms with Crippen LogP contribution in [-0.4, -0.2) is 9.97 Å². The Labute approximate surface area is 155 Å². The molecule has 0 spiro atoms. The quantitative estimate of drug-likeness (QED) is 0.624. The second kappa shape index (κ2) is 7.65. The van der Waals surface area contributed by atoms with Gasteiger partial charge in [0, 0.05) is 24.0 Å². The van der Waals surface area contributed by atoms with Crippen LogP contribution in [0.1, 0.15) is 22.4 Å². The first kappa shape index (κ1) is 18.7. The molecule has 0 aliphatic heterocycles. The van der Waals surface area contributed by atoms with E-state index in [0.29, 0.717) is 24.0 Å². The molecule has 0 aliphatic carbocycles. The zero-order valence-electron chi connectivity index (χ0n) is 14.9. The second-order valence-electron chi connectivity index (χ2n) is 6.26. The Morgan fingerprint density at radius 3 is 2.19 bits per heavy atom. The van der Waals surface area contributed by atoms with Crippen LogP contribution in [0.4, 0.5) is 30.6 Å². The number of nitrogens with one attached hydrogen (secondary N) is 2. The number of anilines is 3. The van der Waals surface area contributed by atoms with E-state index in [1.165, 1.54) is 17.7 Å². The van der Waals surface area contributed by atoms with E-state index < -0.39 is 11.7 Å². The minimum absolute atomic E-state index is 0.449. The Balaban J connectivity index is 1.70. The van der Waals surface area contributed by atoms with Crippen LogP contribution in [0.5, 0.6) is 0 Å². The van der Waals surface area contributed by atoms with Crippen molar-refractivity contribution in [1.82, 2.24) is 9.97 Å². The summed E-state index contributed by atoms with van der Waals surface area (Å²) in [7, 11) is 0. The number of halogens is 3. The first-order valence-electron chi connectivity index (χ1n) is 8.39. The number of alkyl halides is 3. The summed E-state index contributed by atoms with van der Waals surface area (Å²) in [6, 6.07) is 14.7. The average Bonchev–Trinajstić information content (AvgIpc) is 2.60. The number of aryl methyl sites for hydroxylation is 2. The van der Waals surface area contributed by atoms with Gasteiger partial charge in [-0.25, -0.2) is 4.98 Å². The highest BCUT2D eigenvalue weighted by atomic mass is 19.4. The molecule has 0 atom stereocenters. The second-order valence-corrected chi connectivity index (χ2v) is 6.26. The summed E-state index contributed by atoms with van der Waals surface area (Å²) in [5.41, 5.74) is 2.86. The first-order chi connectivity index (χ1) is 12.8. The standard InChI is InChI=1S/C20H19F3N4/c1-13-3-5-15(6-4-13)12-24-19-25-14(2)11-18(27-19)26-17-9-7-16(8-10-17)20(21,22)23/h3-11H,12H2,1-2H3,(H2,24,25,26,27). The zero-order valence-corrected chi connectivity index (χ0v) is 14.9. The van der Waals surface area contributed by atoms with Crippen molar-refractivity contribution in [2.24, 2.45) is 0 Å². The first-order valence-corrected chi connectivity index (χ1v) is 8.39. The van der Waals surface area contributed by atoms with Gasteiger partial charge in [0.1, 0.15) is 5.82 Å². The van der Waals surface area contributed by atoms with Crippen molar-refractivity contribution < 1.29 is 13.2 Å². The third kappa shape index (κ3) is 5.20. The van der Waals surface area contributed by atoms with Crippen LogP contribution in [0.25, 0.3) is 0 Å². The van der Waals surface area contributed by atoms with Crippen molar-refractivity contribution in [1.29, 1.82) is 0 Å². The van der Waals surface area contributed by atoms with Gasteiger partial charge in [0.15, 0.2) is 0 Å². The third-order valence-corrected chi connectivity index (χ3v) is 3.91. The van der Waals surface area contributed by atoms with Gasteiger partial charge in [-0.3, -0.25) is 0 Å². The fourth-order valence-corrected chi connectivity index (χ4v) is 2.49. The molecular weight excluding hydrogens is 353 g/mol. The molecule has 140 valence electrons. The van der Waals surface area contributed by atoms with E-state index in [1.807, 2.05) is 38.1 Å². The van der Waals surface area contributed by atoms with E-state index in [4.69, 9.17) is 0 Å². The van der Waals surface area contributed by atoms with Gasteiger partial charge in [0.05, 0.1) is 5.56 Å². The molecule has 2 N–H and O–H groups in total. The summed E-state index contributed by atoms with van der Waals surface area (Å²) < 4.78 is 37.9. The molecule has 2 aromatic carbocycles. The molecule has 0 aliphatic rings. The molecule has 27 heavy (non-hydrogen) atoms. The molecule has 0 saturated heterocycles. The average molecular weight is 372 g/mol. The highest BCUT2D eigenvalue weighted by Gasteiger charge is 2.29. The Morgan fingerprint density at radius 1 is 0.889 bits per heavy atom. The number of aromatic nitrogens is 2. The Morgan fingerprint density at radius 2 is 1.56 bits per heavy atom. The molecule has 0 amide bonds. The number of nitrogens with zero attached hydrogens (tertiary/aromatic N) is 2. The van der Waals surface area contributed by atoms with Crippen LogP contribution in [0.15, 0.2) is 54.6 Å². The van der Waals surface area contributed by atoms with E-state index in [2.05, 4.69) is 20.6 Å². The van der Waals surface area contributed by atoms with Gasteiger partial charge >= 0.3 is 6.18 Å². The Bertz CT molecular complexity index is 904. The minimum Gasteiger partial charge on any atom is -0.350 e. The monoisotopic (exact) mass is 372 g/mol. The van der Waals surface area contributed by atoms with Crippen molar-refractivity contribution in [2.45, 2.75) is 26.6 Å². The van der Waals surface area contributed by atoms with E-state index in [1.54, 1.807) is 6.07 Å². The van der Waals surface area contributed by atoms with Crippen LogP contribution in [0, 0.1) is 13.8 Å². The molecule has 0 saturated carbocycles. The zero-order chi connectivity index (χ0) is 19.4. The summed E-state index contributed by atoms with van der Waals surface area (Å²) in [6.45, 7) is 4.43. The molecular formula is C20H19F3N4. The van der Waals surface area contributed by atoms with Gasteiger partial charge in [-0.1, -0.05) is 29.8 Å². The van der Waals surface area contributed by atoms with Gasteiger partial charge in [-0.2, -0.15) is 18.2 Å². The Kier molecular flexibility index (Phi) is 5.30. The van der Waals surface area contributed by atoms with Gasteiger partial charge in [-0.15, -0.1) is 0 Å². The van der Waals surface area contributed by atoms with Crippen LogP contribution in [-0.2, 0) is 12.7 Å². The lowest BCUT2D eigenvalue weighted by Gasteiger charge is -2.11. The highest BCUT2D eigenvalue weighted by Crippen LogP contribution is 2.30. The highest BCUT2D eigenvalue weighted by molar-refractivity contribution is 5.58. The SMILES string of the molecule is Cc1ccc(CNc2nc(C)cc(Nc3ccc(C(F)(F)F)cc3)n2)cc1. The van der Waals surface area contributed by atoms with Crippen molar-refractivity contribution in [3.05, 3.63) is 77.0 Å². The van der Waals surface area contributed by atoms with Crippen molar-refractivity contribution in [3.63, 3.8) is 0 Å². The maximum atomic E-state index is 12.6. The van der Waals surface area contributed by atoms with E-state index in [0.717, 1.165) is 23.4 Å². The molecule has 4 nitrogen and oxygen atoms in total. The maximum Gasteiger partial charge on any atom is 0.416 e. The molecule has 1 heterocycles. The molecule has 0 unspecified atom stereocenters. The minimum atomic E-state index is -4.35. The maximum absolute atomic E-state index is 12.6. The molecule has 3 aromatic rings. The number of rotatable bonds is 5. The molecule has 7 heteroatoms. The molecule has 0 fully saturated rings. The predicted octanol–water partition coefficient (Wildman–Crippen LogP) is 5.47. The molecule has 0 radical (unpaired) electrons. The summed E-state index contributed by atoms with van der Waals surface area (Å²) >= 11 is 0. The summed E-state index contributed by atoms with van der Waals surface area (Å²) in [5.74, 6) is 0.957. The van der Waals surface area contributed by atoms with Gasteiger partial charge < -0.3 is 10.6 Å². The number of hydrogen-bond donors (Lipinski definition) is 2. The number of hydrogen-bond acceptors (Lipinski definition) is 4. The summed E-state index contributed by atoms with van der Waals surface area (Å²) in [6.07, 6.45) is -4.35. The summed E-state index contributed by atoms with van der Waals surface area (Å²) in [5, 5.41) is 6.18. The fourth-order valence-electron chi connectivity index (χ4n) is 2.49. The normalized spacial score (nSPS) is 11.3. The summed E-state index contributed by atoms with van der Waals surface area (Å²) in [4.78, 5) is 8.72. The smallest absolute Gasteiger partial charge is 0.350 e. The van der Waals surface area contributed by atoms with Crippen LogP contribution in [0.2, 0.25) is 0 Å². The molecule has 1 aromatic heterocycles. The van der Waals surface area contributed by atoms with E-state index in [9.17, 15) is 13.2 Å². The lowest BCUT2D eigenvalue weighted by molar-refractivity contribution is -0.137. The van der Waals surface area contributed by atoms with Crippen molar-refractivity contribution in [2.75, 3.05) is 10.6 Å². The Hall–Kier alpha value is -3.09. The number of benzene rings is 2. The van der Waals surface area contributed by atoms with E-state index >= 15 is 0 Å². The largest absolute Gasteiger partial charge is 0.416 e. The lowest BCUT2D eigenvalue weighted by atomic mass is 10.1.